The minimum Gasteiger partial charge on any atom is -0.493 e. The van der Waals surface area contributed by atoms with Crippen molar-refractivity contribution in [3.05, 3.63) is 65.0 Å². The third-order valence-electron chi connectivity index (χ3n) is 4.32. The highest BCUT2D eigenvalue weighted by Crippen LogP contribution is 2.35. The highest BCUT2D eigenvalue weighted by Gasteiger charge is 2.32. The van der Waals surface area contributed by atoms with Crippen molar-refractivity contribution in [2.75, 3.05) is 6.61 Å². The molecule has 0 radical (unpaired) electrons. The fraction of sp³-hybridized carbons (Fsp3) is 0.200. The number of hydrogen-bond acceptors (Lipinski definition) is 5. The van der Waals surface area contributed by atoms with Crippen molar-refractivity contribution >= 4 is 44.3 Å². The van der Waals surface area contributed by atoms with Gasteiger partial charge >= 0.3 is 0 Å². The number of thiophene rings is 1. The summed E-state index contributed by atoms with van der Waals surface area (Å²) in [6.45, 7) is 0.615. The number of ether oxygens (including phenoxy) is 1. The minimum atomic E-state index is -0.349. The van der Waals surface area contributed by atoms with E-state index in [2.05, 4.69) is 17.4 Å². The number of fused-ring (bicyclic) bond motifs is 1. The van der Waals surface area contributed by atoms with Crippen LogP contribution < -0.4 is 10.1 Å². The molecular weight excluding hydrogens is 366 g/mol. The summed E-state index contributed by atoms with van der Waals surface area (Å²) >= 11 is 2.71. The number of benzene rings is 2. The number of thioether (sulfide) groups is 1. The van der Waals surface area contributed by atoms with Gasteiger partial charge in [-0.1, -0.05) is 48.2 Å². The fourth-order valence-corrected chi connectivity index (χ4v) is 4.82. The van der Waals surface area contributed by atoms with Gasteiger partial charge in [0.2, 0.25) is 5.91 Å². The van der Waals surface area contributed by atoms with Gasteiger partial charge in [-0.3, -0.25) is 14.9 Å². The third-order valence-corrected chi connectivity index (χ3v) is 6.29. The molecule has 1 aliphatic heterocycles. The molecule has 1 atom stereocenters. The summed E-state index contributed by atoms with van der Waals surface area (Å²) in [6, 6.07) is 16.3. The van der Waals surface area contributed by atoms with Gasteiger partial charge in [0.05, 0.1) is 11.9 Å². The molecule has 0 saturated carbocycles. The Morgan fingerprint density at radius 3 is 2.65 bits per heavy atom. The number of amides is 2. The summed E-state index contributed by atoms with van der Waals surface area (Å²) in [4.78, 5) is 23.2. The standard InChI is InChI=1S/C20H17NO3S2/c22-19-17(26-20(23)21-19)12-14-6-7-16(15-9-11-25-18(14)15)24-10-8-13-4-2-1-3-5-13/h1-7,9,11,17H,8,10,12H2,(H,21,22,23). The van der Waals surface area contributed by atoms with Gasteiger partial charge in [0.25, 0.3) is 5.24 Å². The molecule has 132 valence electrons. The van der Waals surface area contributed by atoms with Crippen molar-refractivity contribution in [3.8, 4) is 5.75 Å². The predicted octanol–water partition coefficient (Wildman–Crippen LogP) is 4.42. The van der Waals surface area contributed by atoms with E-state index in [1.54, 1.807) is 11.3 Å². The maximum Gasteiger partial charge on any atom is 0.286 e. The van der Waals surface area contributed by atoms with E-state index in [0.717, 1.165) is 39.6 Å². The average Bonchev–Trinajstić information content (AvgIpc) is 3.25. The molecule has 4 rings (SSSR count). The highest BCUT2D eigenvalue weighted by atomic mass is 32.2. The highest BCUT2D eigenvalue weighted by molar-refractivity contribution is 8.15. The number of imide groups is 1. The van der Waals surface area contributed by atoms with Crippen LogP contribution in [-0.4, -0.2) is 23.0 Å². The van der Waals surface area contributed by atoms with Crippen LogP contribution in [0, 0.1) is 0 Å². The Balaban J connectivity index is 1.48. The van der Waals surface area contributed by atoms with Crippen LogP contribution in [0.1, 0.15) is 11.1 Å². The number of hydrogen-bond donors (Lipinski definition) is 1. The van der Waals surface area contributed by atoms with Crippen molar-refractivity contribution < 1.29 is 14.3 Å². The van der Waals surface area contributed by atoms with Crippen molar-refractivity contribution in [3.63, 3.8) is 0 Å². The van der Waals surface area contributed by atoms with Crippen LogP contribution >= 0.6 is 23.1 Å². The molecule has 2 aromatic carbocycles. The molecule has 2 heterocycles. The van der Waals surface area contributed by atoms with Crippen LogP contribution in [-0.2, 0) is 17.6 Å². The van der Waals surface area contributed by atoms with Crippen LogP contribution in [0.15, 0.2) is 53.9 Å². The van der Waals surface area contributed by atoms with Gasteiger partial charge < -0.3 is 4.74 Å². The molecule has 3 aromatic rings. The number of rotatable bonds is 6. The molecule has 1 fully saturated rings. The van der Waals surface area contributed by atoms with Crippen molar-refractivity contribution in [1.82, 2.24) is 5.32 Å². The average molecular weight is 383 g/mol. The van der Waals surface area contributed by atoms with Gasteiger partial charge in [0.15, 0.2) is 0 Å². The van der Waals surface area contributed by atoms with Crippen molar-refractivity contribution in [2.24, 2.45) is 0 Å². The lowest BCUT2D eigenvalue weighted by Crippen LogP contribution is -2.25. The van der Waals surface area contributed by atoms with Gasteiger partial charge in [-0.15, -0.1) is 11.3 Å². The minimum absolute atomic E-state index is 0.201. The number of nitrogens with one attached hydrogen (secondary N) is 1. The summed E-state index contributed by atoms with van der Waals surface area (Å²) < 4.78 is 7.13. The summed E-state index contributed by atoms with van der Waals surface area (Å²) in [5.41, 5.74) is 2.33. The first-order valence-corrected chi connectivity index (χ1v) is 10.1. The maximum atomic E-state index is 11.8. The second kappa shape index (κ2) is 7.51. The fourth-order valence-electron chi connectivity index (χ4n) is 3.03. The SMILES string of the molecule is O=C1NC(=O)C(Cc2ccc(OCCc3ccccc3)c3ccsc23)S1. The summed E-state index contributed by atoms with van der Waals surface area (Å²) in [5, 5.41) is 4.84. The lowest BCUT2D eigenvalue weighted by Gasteiger charge is -2.11. The van der Waals surface area contributed by atoms with Crippen LogP contribution in [0.4, 0.5) is 4.79 Å². The molecule has 0 aliphatic carbocycles. The Labute approximate surface area is 159 Å². The van der Waals surface area contributed by atoms with Crippen LogP contribution in [0.3, 0.4) is 0 Å². The van der Waals surface area contributed by atoms with Crippen LogP contribution in [0.2, 0.25) is 0 Å². The Hall–Kier alpha value is -2.31. The second-order valence-electron chi connectivity index (χ2n) is 6.06. The van der Waals surface area contributed by atoms with Gasteiger partial charge in [0.1, 0.15) is 5.75 Å². The normalized spacial score (nSPS) is 16.8. The molecule has 0 bridgehead atoms. The van der Waals surface area contributed by atoms with E-state index in [0.29, 0.717) is 13.0 Å². The van der Waals surface area contributed by atoms with E-state index in [9.17, 15) is 9.59 Å². The smallest absolute Gasteiger partial charge is 0.286 e. The molecule has 1 aromatic heterocycles. The Bertz CT molecular complexity index is 952. The second-order valence-corrected chi connectivity index (χ2v) is 8.15. The van der Waals surface area contributed by atoms with E-state index < -0.39 is 0 Å². The van der Waals surface area contributed by atoms with Crippen LogP contribution in [0.25, 0.3) is 10.1 Å². The third kappa shape index (κ3) is 3.61. The van der Waals surface area contributed by atoms with E-state index in [1.165, 1.54) is 5.56 Å². The maximum absolute atomic E-state index is 11.8. The summed E-state index contributed by atoms with van der Waals surface area (Å²) in [6.07, 6.45) is 1.40. The van der Waals surface area contributed by atoms with Gasteiger partial charge in [0, 0.05) is 16.5 Å². The largest absolute Gasteiger partial charge is 0.493 e. The van der Waals surface area contributed by atoms with Crippen LogP contribution in [0.5, 0.6) is 5.75 Å². The zero-order valence-corrected chi connectivity index (χ0v) is 15.6. The molecule has 2 amide bonds. The molecule has 1 saturated heterocycles. The predicted molar refractivity (Wildman–Crippen MR) is 106 cm³/mol. The van der Waals surface area contributed by atoms with E-state index in [4.69, 9.17) is 4.74 Å². The van der Waals surface area contributed by atoms with Gasteiger partial charge in [-0.2, -0.15) is 0 Å². The molecule has 6 heteroatoms. The van der Waals surface area contributed by atoms with E-state index in [1.807, 2.05) is 41.8 Å². The molecule has 1 unspecified atom stereocenters. The quantitative estimate of drug-likeness (QED) is 0.685. The van der Waals surface area contributed by atoms with Gasteiger partial charge in [-0.05, 0) is 35.1 Å². The Kier molecular flexibility index (Phi) is 4.95. The Morgan fingerprint density at radius 2 is 1.88 bits per heavy atom. The number of carbonyl (C=O) groups is 2. The first kappa shape index (κ1) is 17.1. The van der Waals surface area contributed by atoms with E-state index in [-0.39, 0.29) is 16.4 Å². The first-order chi connectivity index (χ1) is 12.7. The van der Waals surface area contributed by atoms with E-state index >= 15 is 0 Å². The van der Waals surface area contributed by atoms with Crippen molar-refractivity contribution in [2.45, 2.75) is 18.1 Å². The first-order valence-electron chi connectivity index (χ1n) is 8.38. The summed E-state index contributed by atoms with van der Waals surface area (Å²) in [5.74, 6) is 0.661. The molecule has 1 N–H and O–H groups in total. The number of carbonyl (C=O) groups excluding carboxylic acids is 2. The monoisotopic (exact) mass is 383 g/mol. The van der Waals surface area contributed by atoms with Gasteiger partial charge in [-0.25, -0.2) is 0 Å². The molecule has 4 nitrogen and oxygen atoms in total. The lowest BCUT2D eigenvalue weighted by atomic mass is 10.1. The molecule has 1 aliphatic rings. The molecule has 26 heavy (non-hydrogen) atoms. The zero-order valence-electron chi connectivity index (χ0n) is 13.9. The Morgan fingerprint density at radius 1 is 1.04 bits per heavy atom. The lowest BCUT2D eigenvalue weighted by molar-refractivity contribution is -0.118. The van der Waals surface area contributed by atoms with Crippen molar-refractivity contribution in [1.29, 1.82) is 0 Å². The molecular formula is C20H17NO3S2. The zero-order chi connectivity index (χ0) is 17.9. The summed E-state index contributed by atoms with van der Waals surface area (Å²) in [7, 11) is 0. The topological polar surface area (TPSA) is 55.4 Å². The molecule has 0 spiro atoms.